The Morgan fingerprint density at radius 3 is 2.67 bits per heavy atom. The summed E-state index contributed by atoms with van der Waals surface area (Å²) in [5.41, 5.74) is -0.111. The van der Waals surface area contributed by atoms with E-state index in [1.54, 1.807) is 0 Å². The SMILES string of the molecule is CC(C)CC(=O)Nc1cc(F)ccc1F. The maximum atomic E-state index is 13.1. The first-order chi connectivity index (χ1) is 6.99. The van der Waals surface area contributed by atoms with E-state index in [9.17, 15) is 13.6 Å². The number of hydrogen-bond acceptors (Lipinski definition) is 1. The number of carbonyl (C=O) groups excluding carboxylic acids is 1. The fourth-order valence-corrected chi connectivity index (χ4v) is 1.17. The van der Waals surface area contributed by atoms with Crippen molar-refractivity contribution in [1.82, 2.24) is 0 Å². The van der Waals surface area contributed by atoms with Crippen LogP contribution >= 0.6 is 0 Å². The first-order valence-electron chi connectivity index (χ1n) is 4.74. The Morgan fingerprint density at radius 2 is 2.07 bits per heavy atom. The van der Waals surface area contributed by atoms with E-state index in [-0.39, 0.29) is 23.9 Å². The van der Waals surface area contributed by atoms with Crippen LogP contribution in [0.3, 0.4) is 0 Å². The third kappa shape index (κ3) is 3.65. The van der Waals surface area contributed by atoms with E-state index in [2.05, 4.69) is 5.32 Å². The second-order valence-electron chi connectivity index (χ2n) is 3.77. The Hall–Kier alpha value is -1.45. The number of rotatable bonds is 3. The summed E-state index contributed by atoms with van der Waals surface area (Å²) in [6.45, 7) is 3.75. The molecule has 0 spiro atoms. The molecule has 0 aromatic heterocycles. The molecule has 0 heterocycles. The van der Waals surface area contributed by atoms with Gasteiger partial charge in [0.1, 0.15) is 11.6 Å². The van der Waals surface area contributed by atoms with Crippen LogP contribution in [0, 0.1) is 17.6 Å². The van der Waals surface area contributed by atoms with Gasteiger partial charge in [0.25, 0.3) is 0 Å². The molecule has 0 aliphatic rings. The lowest BCUT2D eigenvalue weighted by Gasteiger charge is -2.07. The van der Waals surface area contributed by atoms with Gasteiger partial charge >= 0.3 is 0 Å². The van der Waals surface area contributed by atoms with Gasteiger partial charge in [0.05, 0.1) is 5.69 Å². The van der Waals surface area contributed by atoms with Crippen LogP contribution in [0.1, 0.15) is 20.3 Å². The van der Waals surface area contributed by atoms with Crippen LogP contribution in [0.2, 0.25) is 0 Å². The van der Waals surface area contributed by atoms with Crippen LogP contribution in [0.25, 0.3) is 0 Å². The van der Waals surface area contributed by atoms with E-state index in [0.717, 1.165) is 18.2 Å². The Labute approximate surface area is 87.3 Å². The van der Waals surface area contributed by atoms with Gasteiger partial charge in [0, 0.05) is 12.5 Å². The number of nitrogens with one attached hydrogen (secondary N) is 1. The lowest BCUT2D eigenvalue weighted by molar-refractivity contribution is -0.116. The van der Waals surface area contributed by atoms with E-state index >= 15 is 0 Å². The fraction of sp³-hybridized carbons (Fsp3) is 0.364. The van der Waals surface area contributed by atoms with Crippen LogP contribution in [0.15, 0.2) is 18.2 Å². The highest BCUT2D eigenvalue weighted by Gasteiger charge is 2.09. The maximum Gasteiger partial charge on any atom is 0.224 e. The Kier molecular flexibility index (Phi) is 3.77. The molecule has 1 aromatic rings. The lowest BCUT2D eigenvalue weighted by atomic mass is 10.1. The average molecular weight is 213 g/mol. The zero-order chi connectivity index (χ0) is 11.4. The molecular formula is C11H13F2NO. The summed E-state index contributed by atoms with van der Waals surface area (Å²) in [7, 11) is 0. The first kappa shape index (κ1) is 11.6. The van der Waals surface area contributed by atoms with E-state index in [1.807, 2.05) is 13.8 Å². The predicted molar refractivity (Wildman–Crippen MR) is 54.4 cm³/mol. The standard InChI is InChI=1S/C11H13F2NO/c1-7(2)5-11(15)14-10-6-8(12)3-4-9(10)13/h3-4,6-7H,5H2,1-2H3,(H,14,15). The van der Waals surface area contributed by atoms with Crippen molar-refractivity contribution in [2.75, 3.05) is 5.32 Å². The Morgan fingerprint density at radius 1 is 1.40 bits per heavy atom. The number of amides is 1. The number of benzene rings is 1. The van der Waals surface area contributed by atoms with Crippen LogP contribution in [0.5, 0.6) is 0 Å². The summed E-state index contributed by atoms with van der Waals surface area (Å²) in [6, 6.07) is 2.96. The third-order valence-electron chi connectivity index (χ3n) is 1.80. The lowest BCUT2D eigenvalue weighted by Crippen LogP contribution is -2.14. The largest absolute Gasteiger partial charge is 0.324 e. The zero-order valence-corrected chi connectivity index (χ0v) is 8.68. The molecule has 0 aliphatic carbocycles. The highest BCUT2D eigenvalue weighted by molar-refractivity contribution is 5.90. The van der Waals surface area contributed by atoms with Crippen LogP contribution in [-0.2, 0) is 4.79 Å². The molecule has 1 aromatic carbocycles. The third-order valence-corrected chi connectivity index (χ3v) is 1.80. The minimum absolute atomic E-state index is 0.111. The van der Waals surface area contributed by atoms with Crippen LogP contribution < -0.4 is 5.32 Å². The van der Waals surface area contributed by atoms with Gasteiger partial charge in [0.15, 0.2) is 0 Å². The van der Waals surface area contributed by atoms with Crippen molar-refractivity contribution in [3.8, 4) is 0 Å². The highest BCUT2D eigenvalue weighted by Crippen LogP contribution is 2.16. The van der Waals surface area contributed by atoms with Gasteiger partial charge in [-0.2, -0.15) is 0 Å². The topological polar surface area (TPSA) is 29.1 Å². The average Bonchev–Trinajstić information content (AvgIpc) is 2.10. The van der Waals surface area contributed by atoms with Crippen LogP contribution in [-0.4, -0.2) is 5.91 Å². The fourth-order valence-electron chi connectivity index (χ4n) is 1.17. The van der Waals surface area contributed by atoms with Gasteiger partial charge in [-0.15, -0.1) is 0 Å². The molecule has 82 valence electrons. The molecule has 0 radical (unpaired) electrons. The van der Waals surface area contributed by atoms with Crippen LogP contribution in [0.4, 0.5) is 14.5 Å². The van der Waals surface area contributed by atoms with Crippen molar-refractivity contribution in [1.29, 1.82) is 0 Å². The summed E-state index contributed by atoms with van der Waals surface area (Å²) in [5, 5.41) is 2.33. The number of hydrogen-bond donors (Lipinski definition) is 1. The first-order valence-corrected chi connectivity index (χ1v) is 4.74. The minimum Gasteiger partial charge on any atom is -0.324 e. The summed E-state index contributed by atoms with van der Waals surface area (Å²) in [5.74, 6) is -1.33. The molecule has 4 heteroatoms. The van der Waals surface area contributed by atoms with Crippen molar-refractivity contribution in [3.63, 3.8) is 0 Å². The van der Waals surface area contributed by atoms with Crippen molar-refractivity contribution < 1.29 is 13.6 Å². The maximum absolute atomic E-state index is 13.1. The van der Waals surface area contributed by atoms with Crippen molar-refractivity contribution in [2.24, 2.45) is 5.92 Å². The molecule has 1 N–H and O–H groups in total. The van der Waals surface area contributed by atoms with Gasteiger partial charge in [-0.3, -0.25) is 4.79 Å². The van der Waals surface area contributed by atoms with Crippen molar-refractivity contribution in [2.45, 2.75) is 20.3 Å². The molecule has 0 aliphatic heterocycles. The minimum atomic E-state index is -0.631. The molecule has 0 atom stereocenters. The highest BCUT2D eigenvalue weighted by atomic mass is 19.1. The quantitative estimate of drug-likeness (QED) is 0.821. The van der Waals surface area contributed by atoms with Gasteiger partial charge in [0.2, 0.25) is 5.91 Å². The summed E-state index contributed by atoms with van der Waals surface area (Å²) in [4.78, 5) is 11.3. The van der Waals surface area contributed by atoms with Crippen molar-refractivity contribution >= 4 is 11.6 Å². The van der Waals surface area contributed by atoms with E-state index in [1.165, 1.54) is 0 Å². The smallest absolute Gasteiger partial charge is 0.224 e. The molecule has 0 saturated carbocycles. The number of halogens is 2. The zero-order valence-electron chi connectivity index (χ0n) is 8.68. The summed E-state index contributed by atoms with van der Waals surface area (Å²) < 4.78 is 25.8. The molecular weight excluding hydrogens is 200 g/mol. The van der Waals surface area contributed by atoms with Gasteiger partial charge in [-0.05, 0) is 18.1 Å². The molecule has 15 heavy (non-hydrogen) atoms. The molecule has 1 rings (SSSR count). The monoisotopic (exact) mass is 213 g/mol. The molecule has 2 nitrogen and oxygen atoms in total. The summed E-state index contributed by atoms with van der Waals surface area (Å²) >= 11 is 0. The molecule has 1 amide bonds. The molecule has 0 bridgehead atoms. The van der Waals surface area contributed by atoms with E-state index in [0.29, 0.717) is 0 Å². The normalized spacial score (nSPS) is 10.5. The molecule has 0 saturated heterocycles. The van der Waals surface area contributed by atoms with Gasteiger partial charge < -0.3 is 5.32 Å². The summed E-state index contributed by atoms with van der Waals surface area (Å²) in [6.07, 6.45) is 0.288. The van der Waals surface area contributed by atoms with E-state index in [4.69, 9.17) is 0 Å². The Balaban J connectivity index is 2.71. The predicted octanol–water partition coefficient (Wildman–Crippen LogP) is 2.95. The van der Waals surface area contributed by atoms with Crippen molar-refractivity contribution in [3.05, 3.63) is 29.8 Å². The molecule has 0 unspecified atom stereocenters. The van der Waals surface area contributed by atoms with Gasteiger partial charge in [-0.1, -0.05) is 13.8 Å². The molecule has 0 fully saturated rings. The number of anilines is 1. The van der Waals surface area contributed by atoms with Gasteiger partial charge in [-0.25, -0.2) is 8.78 Å². The Bertz CT molecular complexity index is 364. The number of carbonyl (C=O) groups is 1. The van der Waals surface area contributed by atoms with E-state index < -0.39 is 11.6 Å². The second-order valence-corrected chi connectivity index (χ2v) is 3.77. The second kappa shape index (κ2) is 4.87.